The molecule has 1 amide bonds. The summed E-state index contributed by atoms with van der Waals surface area (Å²) in [5.74, 6) is 0.115. The number of benzene rings is 2. The molecule has 0 radical (unpaired) electrons. The van der Waals surface area contributed by atoms with Crippen LogP contribution < -0.4 is 14.8 Å². The summed E-state index contributed by atoms with van der Waals surface area (Å²) in [5, 5.41) is 2.85. The third-order valence-corrected chi connectivity index (χ3v) is 4.51. The topological polar surface area (TPSA) is 50.8 Å². The summed E-state index contributed by atoms with van der Waals surface area (Å²) < 4.78 is 34.8. The second-order valence-corrected chi connectivity index (χ2v) is 6.92. The summed E-state index contributed by atoms with van der Waals surface area (Å²) in [6, 6.07) is 12.4. The van der Waals surface area contributed by atoms with E-state index in [-0.39, 0.29) is 24.0 Å². The lowest BCUT2D eigenvalue weighted by Crippen LogP contribution is -2.29. The summed E-state index contributed by atoms with van der Waals surface area (Å²) in [4.78, 5) is 15.2. The van der Waals surface area contributed by atoms with E-state index in [1.807, 2.05) is 35.4 Å². The molecule has 1 N–H and O–H groups in total. The van der Waals surface area contributed by atoms with Crippen LogP contribution in [0.3, 0.4) is 0 Å². The number of nitrogens with one attached hydrogen (secondary N) is 1. The van der Waals surface area contributed by atoms with Crippen molar-refractivity contribution in [1.29, 1.82) is 0 Å². The van der Waals surface area contributed by atoms with Gasteiger partial charge >= 0.3 is 6.61 Å². The molecule has 0 aromatic heterocycles. The fourth-order valence-corrected chi connectivity index (χ4v) is 3.01. The van der Waals surface area contributed by atoms with Gasteiger partial charge in [-0.25, -0.2) is 0 Å². The van der Waals surface area contributed by atoms with E-state index in [1.165, 1.54) is 6.07 Å². The largest absolute Gasteiger partial charge is 0.490 e. The summed E-state index contributed by atoms with van der Waals surface area (Å²) in [6.45, 7) is -0.184. The molecule has 28 heavy (non-hydrogen) atoms. The van der Waals surface area contributed by atoms with E-state index in [0.717, 1.165) is 16.1 Å². The highest BCUT2D eigenvalue weighted by Gasteiger charge is 2.13. The standard InChI is InChI=1S/C20H24F2N2O3S/c1-4-26-18-11-14(5-10-17(18)27-20(21)22)12-24(2)13-19(25)23-15-6-8-16(28-3)9-7-15/h5-11,20H,4,12-13H2,1-3H3,(H,23,25). The number of alkyl halides is 2. The highest BCUT2D eigenvalue weighted by Crippen LogP contribution is 2.30. The Morgan fingerprint density at radius 2 is 1.89 bits per heavy atom. The zero-order valence-corrected chi connectivity index (χ0v) is 16.9. The van der Waals surface area contributed by atoms with Crippen LogP contribution in [0.5, 0.6) is 11.5 Å². The zero-order valence-electron chi connectivity index (χ0n) is 16.1. The van der Waals surface area contributed by atoms with Gasteiger partial charge < -0.3 is 14.8 Å². The number of anilines is 1. The lowest BCUT2D eigenvalue weighted by Gasteiger charge is -2.18. The van der Waals surface area contributed by atoms with E-state index in [1.54, 1.807) is 37.9 Å². The Morgan fingerprint density at radius 3 is 2.50 bits per heavy atom. The number of nitrogens with zero attached hydrogens (tertiary/aromatic N) is 1. The molecule has 0 heterocycles. The molecule has 0 saturated carbocycles. The Balaban J connectivity index is 1.94. The highest BCUT2D eigenvalue weighted by molar-refractivity contribution is 7.98. The Bertz CT molecular complexity index is 773. The lowest BCUT2D eigenvalue weighted by molar-refractivity contribution is -0.117. The van der Waals surface area contributed by atoms with E-state index < -0.39 is 6.61 Å². The number of rotatable bonds is 10. The van der Waals surface area contributed by atoms with Gasteiger partial charge in [0.2, 0.25) is 5.91 Å². The molecule has 0 atom stereocenters. The number of carbonyl (C=O) groups is 1. The molecule has 0 spiro atoms. The van der Waals surface area contributed by atoms with Gasteiger partial charge in [0.15, 0.2) is 11.5 Å². The smallest absolute Gasteiger partial charge is 0.387 e. The van der Waals surface area contributed by atoms with Gasteiger partial charge in [-0.15, -0.1) is 11.8 Å². The first-order chi connectivity index (χ1) is 13.4. The fraction of sp³-hybridized carbons (Fsp3) is 0.350. The number of halogens is 2. The molecule has 0 aliphatic rings. The molecule has 152 valence electrons. The van der Waals surface area contributed by atoms with Gasteiger partial charge in [-0.05, 0) is 62.2 Å². The molecule has 0 aliphatic heterocycles. The fourth-order valence-electron chi connectivity index (χ4n) is 2.60. The van der Waals surface area contributed by atoms with Crippen molar-refractivity contribution in [3.05, 3.63) is 48.0 Å². The second kappa shape index (κ2) is 10.9. The third-order valence-electron chi connectivity index (χ3n) is 3.76. The van der Waals surface area contributed by atoms with Crippen LogP contribution in [0.4, 0.5) is 14.5 Å². The Morgan fingerprint density at radius 1 is 1.18 bits per heavy atom. The number of hydrogen-bond acceptors (Lipinski definition) is 5. The first kappa shape index (κ1) is 22.0. The van der Waals surface area contributed by atoms with Crippen LogP contribution in [0.2, 0.25) is 0 Å². The van der Waals surface area contributed by atoms with E-state index >= 15 is 0 Å². The maximum Gasteiger partial charge on any atom is 0.387 e. The monoisotopic (exact) mass is 410 g/mol. The molecular weight excluding hydrogens is 386 g/mol. The molecule has 0 saturated heterocycles. The summed E-state index contributed by atoms with van der Waals surface area (Å²) in [5.41, 5.74) is 1.56. The first-order valence-electron chi connectivity index (χ1n) is 8.74. The van der Waals surface area contributed by atoms with Gasteiger partial charge in [0.05, 0.1) is 13.2 Å². The lowest BCUT2D eigenvalue weighted by atomic mass is 10.2. The second-order valence-electron chi connectivity index (χ2n) is 6.04. The number of thioether (sulfide) groups is 1. The molecular formula is C20H24F2N2O3S. The number of hydrogen-bond donors (Lipinski definition) is 1. The van der Waals surface area contributed by atoms with E-state index in [2.05, 4.69) is 10.1 Å². The van der Waals surface area contributed by atoms with Crippen molar-refractivity contribution in [3.8, 4) is 11.5 Å². The van der Waals surface area contributed by atoms with Gasteiger partial charge in [-0.3, -0.25) is 9.69 Å². The van der Waals surface area contributed by atoms with Gasteiger partial charge in [0.1, 0.15) is 0 Å². The van der Waals surface area contributed by atoms with Crippen LogP contribution in [0.15, 0.2) is 47.4 Å². The number of amides is 1. The van der Waals surface area contributed by atoms with Crippen molar-refractivity contribution in [2.24, 2.45) is 0 Å². The van der Waals surface area contributed by atoms with Gasteiger partial charge in [-0.2, -0.15) is 8.78 Å². The highest BCUT2D eigenvalue weighted by atomic mass is 32.2. The Kier molecular flexibility index (Phi) is 8.53. The quantitative estimate of drug-likeness (QED) is 0.586. The number of likely N-dealkylation sites (N-methyl/N-ethyl adjacent to an activating group) is 1. The Hall–Kier alpha value is -2.32. The maximum absolute atomic E-state index is 12.5. The van der Waals surface area contributed by atoms with Crippen LogP contribution in [-0.2, 0) is 11.3 Å². The van der Waals surface area contributed by atoms with Gasteiger partial charge in [0.25, 0.3) is 0 Å². The summed E-state index contributed by atoms with van der Waals surface area (Å²) >= 11 is 1.64. The molecule has 0 unspecified atom stereocenters. The number of carbonyl (C=O) groups excluding carboxylic acids is 1. The van der Waals surface area contributed by atoms with Gasteiger partial charge in [0, 0.05) is 17.1 Å². The minimum Gasteiger partial charge on any atom is -0.490 e. The van der Waals surface area contributed by atoms with Crippen molar-refractivity contribution in [2.75, 3.05) is 31.8 Å². The Labute approximate surface area is 168 Å². The maximum atomic E-state index is 12.5. The summed E-state index contributed by atoms with van der Waals surface area (Å²) in [6.07, 6.45) is 1.99. The average Bonchev–Trinajstić information content (AvgIpc) is 2.64. The average molecular weight is 410 g/mol. The molecule has 8 heteroatoms. The van der Waals surface area contributed by atoms with Crippen molar-refractivity contribution in [1.82, 2.24) is 4.90 Å². The molecule has 2 aromatic carbocycles. The van der Waals surface area contributed by atoms with Crippen molar-refractivity contribution in [2.45, 2.75) is 25.0 Å². The van der Waals surface area contributed by atoms with Crippen molar-refractivity contribution in [3.63, 3.8) is 0 Å². The molecule has 2 aromatic rings. The minimum absolute atomic E-state index is 0.00492. The molecule has 0 bridgehead atoms. The van der Waals surface area contributed by atoms with E-state index in [9.17, 15) is 13.6 Å². The predicted octanol–water partition coefficient (Wildman–Crippen LogP) is 4.48. The SMILES string of the molecule is CCOc1cc(CN(C)CC(=O)Nc2ccc(SC)cc2)ccc1OC(F)F. The van der Waals surface area contributed by atoms with E-state index in [0.29, 0.717) is 13.2 Å². The van der Waals surface area contributed by atoms with Crippen molar-refractivity contribution >= 4 is 23.4 Å². The van der Waals surface area contributed by atoms with Crippen molar-refractivity contribution < 1.29 is 23.0 Å². The first-order valence-corrected chi connectivity index (χ1v) is 9.96. The van der Waals surface area contributed by atoms with Crippen LogP contribution in [0.25, 0.3) is 0 Å². The normalized spacial score (nSPS) is 11.0. The van der Waals surface area contributed by atoms with Crippen LogP contribution in [-0.4, -0.2) is 43.9 Å². The van der Waals surface area contributed by atoms with Crippen LogP contribution >= 0.6 is 11.8 Å². The third kappa shape index (κ3) is 7.01. The zero-order chi connectivity index (χ0) is 20.5. The number of ether oxygens (including phenoxy) is 2. The predicted molar refractivity (Wildman–Crippen MR) is 107 cm³/mol. The van der Waals surface area contributed by atoms with E-state index in [4.69, 9.17) is 4.74 Å². The molecule has 0 aliphatic carbocycles. The van der Waals surface area contributed by atoms with Gasteiger partial charge in [-0.1, -0.05) is 6.07 Å². The minimum atomic E-state index is -2.92. The van der Waals surface area contributed by atoms with Crippen LogP contribution in [0, 0.1) is 0 Å². The van der Waals surface area contributed by atoms with Crippen LogP contribution in [0.1, 0.15) is 12.5 Å². The molecule has 0 fully saturated rings. The molecule has 5 nitrogen and oxygen atoms in total. The summed E-state index contributed by atoms with van der Waals surface area (Å²) in [7, 11) is 1.81. The molecule has 2 rings (SSSR count).